The Labute approximate surface area is 197 Å². The van der Waals surface area contributed by atoms with E-state index in [0.717, 1.165) is 25.5 Å². The molecule has 0 aliphatic heterocycles. The number of hydrogen-bond acceptors (Lipinski definition) is 7. The maximum absolute atomic E-state index is 13.4. The number of carbonyl (C=O) groups excluding carboxylic acids is 1. The fourth-order valence-corrected chi connectivity index (χ4v) is 5.87. The Bertz CT molecular complexity index is 1160. The van der Waals surface area contributed by atoms with Gasteiger partial charge in [0.05, 0.1) is 10.6 Å². The predicted octanol–water partition coefficient (Wildman–Crippen LogP) is 4.74. The molecule has 1 aromatic heterocycles. The average molecular weight is 491 g/mol. The quantitative estimate of drug-likeness (QED) is 0.344. The van der Waals surface area contributed by atoms with Crippen molar-refractivity contribution in [3.63, 3.8) is 0 Å². The third-order valence-corrected chi connectivity index (χ3v) is 8.60. The molecule has 0 atom stereocenters. The molecule has 0 spiro atoms. The Morgan fingerprint density at radius 3 is 2.22 bits per heavy atom. The molecule has 0 bridgehead atoms. The number of sulfonamides is 1. The van der Waals surface area contributed by atoms with E-state index in [4.69, 9.17) is 0 Å². The second-order valence-corrected chi connectivity index (χ2v) is 11.9. The highest BCUT2D eigenvalue weighted by molar-refractivity contribution is 8.01. The summed E-state index contributed by atoms with van der Waals surface area (Å²) >= 11 is 2.85. The summed E-state index contributed by atoms with van der Waals surface area (Å²) in [6.07, 6.45) is 0. The molecule has 0 unspecified atom stereocenters. The summed E-state index contributed by atoms with van der Waals surface area (Å²) in [4.78, 5) is 12.9. The molecule has 1 heterocycles. The van der Waals surface area contributed by atoms with Gasteiger partial charge in [0.1, 0.15) is 6.54 Å². The molecule has 0 saturated carbocycles. The Morgan fingerprint density at radius 1 is 1.03 bits per heavy atom. The highest BCUT2D eigenvalue weighted by atomic mass is 32.2. The van der Waals surface area contributed by atoms with Crippen LogP contribution in [0.2, 0.25) is 0 Å². The molecule has 0 aliphatic rings. The van der Waals surface area contributed by atoms with Crippen LogP contribution in [-0.4, -0.2) is 36.8 Å². The van der Waals surface area contributed by atoms with Crippen molar-refractivity contribution in [2.75, 3.05) is 21.9 Å². The van der Waals surface area contributed by atoms with Crippen LogP contribution >= 0.6 is 23.1 Å². The van der Waals surface area contributed by atoms with Crippen molar-refractivity contribution >= 4 is 49.8 Å². The van der Waals surface area contributed by atoms with E-state index in [2.05, 4.69) is 29.4 Å². The van der Waals surface area contributed by atoms with E-state index in [1.165, 1.54) is 11.3 Å². The minimum absolute atomic E-state index is 0.125. The molecule has 170 valence electrons. The average Bonchev–Trinajstić information content (AvgIpc) is 3.19. The Hall–Kier alpha value is -2.43. The SMILES string of the molecule is Cc1ccc(N(CC(=O)Nc2nnc(SCC(C)C)s2)S(=O)(=O)c2ccc(C)cc2)cc1. The van der Waals surface area contributed by atoms with Gasteiger partial charge in [0.25, 0.3) is 10.0 Å². The zero-order valence-electron chi connectivity index (χ0n) is 18.4. The zero-order valence-corrected chi connectivity index (χ0v) is 20.9. The normalized spacial score (nSPS) is 11.5. The molecule has 2 aromatic carbocycles. The van der Waals surface area contributed by atoms with Gasteiger partial charge >= 0.3 is 0 Å². The van der Waals surface area contributed by atoms with Crippen molar-refractivity contribution in [3.8, 4) is 0 Å². The predicted molar refractivity (Wildman–Crippen MR) is 131 cm³/mol. The van der Waals surface area contributed by atoms with Crippen LogP contribution < -0.4 is 9.62 Å². The molecule has 0 fully saturated rings. The van der Waals surface area contributed by atoms with Crippen molar-refractivity contribution in [2.45, 2.75) is 36.9 Å². The van der Waals surface area contributed by atoms with Gasteiger partial charge in [-0.2, -0.15) is 0 Å². The summed E-state index contributed by atoms with van der Waals surface area (Å²) < 4.78 is 28.6. The van der Waals surface area contributed by atoms with E-state index >= 15 is 0 Å². The Morgan fingerprint density at radius 2 is 1.62 bits per heavy atom. The van der Waals surface area contributed by atoms with Crippen LogP contribution in [0.25, 0.3) is 0 Å². The van der Waals surface area contributed by atoms with Crippen LogP contribution in [0.5, 0.6) is 0 Å². The van der Waals surface area contributed by atoms with Crippen LogP contribution in [0, 0.1) is 19.8 Å². The van der Waals surface area contributed by atoms with Crippen molar-refractivity contribution in [2.24, 2.45) is 5.92 Å². The summed E-state index contributed by atoms with van der Waals surface area (Å²) in [5.74, 6) is 0.924. The van der Waals surface area contributed by atoms with E-state index in [9.17, 15) is 13.2 Å². The first-order valence-corrected chi connectivity index (χ1v) is 13.3. The largest absolute Gasteiger partial charge is 0.299 e. The number of carbonyl (C=O) groups is 1. The fourth-order valence-electron chi connectivity index (χ4n) is 2.71. The zero-order chi connectivity index (χ0) is 23.3. The number of rotatable bonds is 9. The van der Waals surface area contributed by atoms with E-state index in [-0.39, 0.29) is 11.4 Å². The first kappa shape index (κ1) is 24.2. The van der Waals surface area contributed by atoms with Crippen molar-refractivity contribution in [1.29, 1.82) is 0 Å². The standard InChI is InChI=1S/C22H26N4O3S3/c1-15(2)14-30-22-25-24-21(31-22)23-20(27)13-26(18-9-5-16(3)6-10-18)32(28,29)19-11-7-17(4)8-12-19/h5-12,15H,13-14H2,1-4H3,(H,23,24,27). The van der Waals surface area contributed by atoms with Crippen LogP contribution in [0.4, 0.5) is 10.8 Å². The number of anilines is 2. The summed E-state index contributed by atoms with van der Waals surface area (Å²) in [6.45, 7) is 7.65. The van der Waals surface area contributed by atoms with Crippen molar-refractivity contribution in [3.05, 3.63) is 59.7 Å². The number of nitrogens with zero attached hydrogens (tertiary/aromatic N) is 3. The number of amides is 1. The van der Waals surface area contributed by atoms with Gasteiger partial charge in [-0.15, -0.1) is 10.2 Å². The third-order valence-electron chi connectivity index (χ3n) is 4.41. The molecule has 1 amide bonds. The molecule has 3 rings (SSSR count). The number of benzene rings is 2. The van der Waals surface area contributed by atoms with Crippen LogP contribution in [0.15, 0.2) is 57.8 Å². The maximum atomic E-state index is 13.4. The molecule has 3 aromatic rings. The van der Waals surface area contributed by atoms with Gasteiger partial charge in [-0.05, 0) is 44.0 Å². The molecular weight excluding hydrogens is 464 g/mol. The van der Waals surface area contributed by atoms with Gasteiger partial charge < -0.3 is 0 Å². The third kappa shape index (κ3) is 6.30. The number of aryl methyl sites for hydroxylation is 2. The van der Waals surface area contributed by atoms with Gasteiger partial charge in [0.2, 0.25) is 11.0 Å². The Kier molecular flexibility index (Phi) is 7.91. The monoisotopic (exact) mass is 490 g/mol. The molecule has 1 N–H and O–H groups in total. The Balaban J connectivity index is 1.82. The van der Waals surface area contributed by atoms with Gasteiger partial charge in [-0.3, -0.25) is 14.4 Å². The summed E-state index contributed by atoms with van der Waals surface area (Å²) in [5, 5.41) is 11.1. The molecule has 0 aliphatic carbocycles. The first-order valence-electron chi connectivity index (χ1n) is 10.1. The molecular formula is C22H26N4O3S3. The maximum Gasteiger partial charge on any atom is 0.264 e. The number of nitrogens with one attached hydrogen (secondary N) is 1. The van der Waals surface area contributed by atoms with Gasteiger partial charge in [-0.25, -0.2) is 8.42 Å². The van der Waals surface area contributed by atoms with E-state index < -0.39 is 15.9 Å². The molecule has 0 saturated heterocycles. The summed E-state index contributed by atoms with van der Waals surface area (Å²) in [7, 11) is -3.95. The van der Waals surface area contributed by atoms with Gasteiger partial charge in [0, 0.05) is 5.75 Å². The lowest BCUT2D eigenvalue weighted by molar-refractivity contribution is -0.114. The van der Waals surface area contributed by atoms with E-state index in [1.54, 1.807) is 48.2 Å². The lowest BCUT2D eigenvalue weighted by atomic mass is 10.2. The number of aromatic nitrogens is 2. The van der Waals surface area contributed by atoms with Crippen LogP contribution in [0.3, 0.4) is 0 Å². The van der Waals surface area contributed by atoms with Crippen LogP contribution in [0.1, 0.15) is 25.0 Å². The number of thioether (sulfide) groups is 1. The summed E-state index contributed by atoms with van der Waals surface area (Å²) in [6, 6.07) is 13.6. The topological polar surface area (TPSA) is 92.3 Å². The molecule has 0 radical (unpaired) electrons. The van der Waals surface area contributed by atoms with Crippen LogP contribution in [-0.2, 0) is 14.8 Å². The lowest BCUT2D eigenvalue weighted by Crippen LogP contribution is -2.38. The first-order chi connectivity index (χ1) is 15.1. The van der Waals surface area contributed by atoms with E-state index in [1.807, 2.05) is 26.0 Å². The highest BCUT2D eigenvalue weighted by Crippen LogP contribution is 2.28. The van der Waals surface area contributed by atoms with Gasteiger partial charge in [0.15, 0.2) is 4.34 Å². The van der Waals surface area contributed by atoms with E-state index in [0.29, 0.717) is 16.7 Å². The molecule has 10 heteroatoms. The second kappa shape index (κ2) is 10.5. The fraction of sp³-hybridized carbons (Fsp3) is 0.318. The van der Waals surface area contributed by atoms with Gasteiger partial charge in [-0.1, -0.05) is 72.3 Å². The molecule has 32 heavy (non-hydrogen) atoms. The minimum Gasteiger partial charge on any atom is -0.299 e. The minimum atomic E-state index is -3.95. The lowest BCUT2D eigenvalue weighted by Gasteiger charge is -2.24. The second-order valence-electron chi connectivity index (χ2n) is 7.79. The smallest absolute Gasteiger partial charge is 0.264 e. The molecule has 7 nitrogen and oxygen atoms in total. The highest BCUT2D eigenvalue weighted by Gasteiger charge is 2.27. The van der Waals surface area contributed by atoms with Crippen molar-refractivity contribution < 1.29 is 13.2 Å². The number of hydrogen-bond donors (Lipinski definition) is 1. The van der Waals surface area contributed by atoms with Crippen molar-refractivity contribution in [1.82, 2.24) is 10.2 Å². The summed E-state index contributed by atoms with van der Waals surface area (Å²) in [5.41, 5.74) is 2.36.